The van der Waals surface area contributed by atoms with Crippen LogP contribution in [0.4, 0.5) is 15.0 Å². The molecule has 7 heteroatoms. The van der Waals surface area contributed by atoms with Crippen molar-refractivity contribution in [3.05, 3.63) is 64.9 Å². The van der Waals surface area contributed by atoms with E-state index in [9.17, 15) is 9.18 Å². The zero-order chi connectivity index (χ0) is 19.7. The first-order valence-electron chi connectivity index (χ1n) is 9.09. The van der Waals surface area contributed by atoms with Crippen molar-refractivity contribution in [2.75, 3.05) is 5.32 Å². The van der Waals surface area contributed by atoms with Crippen LogP contribution < -0.4 is 10.1 Å². The highest BCUT2D eigenvalue weighted by atomic mass is 35.5. The molecule has 0 atom stereocenters. The van der Waals surface area contributed by atoms with Gasteiger partial charge in [0.2, 0.25) is 0 Å². The summed E-state index contributed by atoms with van der Waals surface area (Å²) in [7, 11) is 1.78. The van der Waals surface area contributed by atoms with Crippen molar-refractivity contribution in [3.8, 4) is 17.0 Å². The molecule has 5 nitrogen and oxygen atoms in total. The van der Waals surface area contributed by atoms with Crippen molar-refractivity contribution in [1.82, 2.24) is 9.78 Å². The Morgan fingerprint density at radius 3 is 2.64 bits per heavy atom. The summed E-state index contributed by atoms with van der Waals surface area (Å²) in [6, 6.07) is 13.5. The maximum atomic E-state index is 14.0. The van der Waals surface area contributed by atoms with Gasteiger partial charge in [0.25, 0.3) is 0 Å². The summed E-state index contributed by atoms with van der Waals surface area (Å²) in [4.78, 5) is 12.4. The number of carbonyl (C=O) groups excluding carboxylic acids is 1. The average Bonchev–Trinajstić information content (AvgIpc) is 2.92. The van der Waals surface area contributed by atoms with Crippen LogP contribution in [0.25, 0.3) is 11.3 Å². The molecule has 0 bridgehead atoms. The minimum Gasteiger partial charge on any atom is -0.410 e. The highest BCUT2D eigenvalue weighted by molar-refractivity contribution is 6.30. The predicted molar refractivity (Wildman–Crippen MR) is 106 cm³/mol. The van der Waals surface area contributed by atoms with E-state index in [1.165, 1.54) is 12.1 Å². The Kier molecular flexibility index (Phi) is 5.05. The van der Waals surface area contributed by atoms with Crippen LogP contribution in [0, 0.1) is 5.82 Å². The summed E-state index contributed by atoms with van der Waals surface area (Å²) in [6.45, 7) is 0. The number of ether oxygens (including phenoxy) is 1. The van der Waals surface area contributed by atoms with Crippen molar-refractivity contribution in [2.45, 2.75) is 25.2 Å². The number of para-hydroxylation sites is 1. The van der Waals surface area contributed by atoms with Crippen LogP contribution in [-0.2, 0) is 7.05 Å². The fourth-order valence-corrected chi connectivity index (χ4v) is 3.54. The minimum absolute atomic E-state index is 0.0703. The van der Waals surface area contributed by atoms with Crippen molar-refractivity contribution < 1.29 is 13.9 Å². The summed E-state index contributed by atoms with van der Waals surface area (Å²) < 4.78 is 21.0. The molecule has 1 fully saturated rings. The Hall–Kier alpha value is -2.86. The van der Waals surface area contributed by atoms with Crippen LogP contribution in [-0.4, -0.2) is 15.9 Å². The molecule has 1 N–H and O–H groups in total. The fourth-order valence-electron chi connectivity index (χ4n) is 3.42. The number of aromatic nitrogens is 2. The van der Waals surface area contributed by atoms with Gasteiger partial charge in [-0.1, -0.05) is 42.3 Å². The summed E-state index contributed by atoms with van der Waals surface area (Å²) in [5.41, 5.74) is 2.35. The second-order valence-corrected chi connectivity index (χ2v) is 7.23. The van der Waals surface area contributed by atoms with Crippen LogP contribution in [0.5, 0.6) is 5.75 Å². The summed E-state index contributed by atoms with van der Waals surface area (Å²) in [6.07, 6.45) is 2.50. The van der Waals surface area contributed by atoms with E-state index in [4.69, 9.17) is 16.3 Å². The van der Waals surface area contributed by atoms with Gasteiger partial charge in [0.05, 0.1) is 10.7 Å². The topological polar surface area (TPSA) is 56.2 Å². The zero-order valence-corrected chi connectivity index (χ0v) is 16.0. The number of nitrogens with zero attached hydrogens (tertiary/aromatic N) is 2. The van der Waals surface area contributed by atoms with E-state index >= 15 is 0 Å². The van der Waals surface area contributed by atoms with Crippen molar-refractivity contribution >= 4 is 23.5 Å². The lowest BCUT2D eigenvalue weighted by Gasteiger charge is -2.26. The number of amides is 1. The Balaban J connectivity index is 1.68. The molecule has 1 aliphatic carbocycles. The molecule has 1 saturated carbocycles. The third-order valence-corrected chi connectivity index (χ3v) is 5.27. The van der Waals surface area contributed by atoms with Crippen LogP contribution in [0.15, 0.2) is 48.5 Å². The number of benzene rings is 2. The number of aryl methyl sites for hydroxylation is 1. The van der Waals surface area contributed by atoms with E-state index in [-0.39, 0.29) is 10.9 Å². The SMILES string of the molecule is Cn1nc(NC(=O)Oc2ccccc2)c(C2CCC2)c1-c1ccc(Cl)c(F)c1. The van der Waals surface area contributed by atoms with Crippen LogP contribution in [0.1, 0.15) is 30.7 Å². The second kappa shape index (κ2) is 7.64. The molecule has 4 rings (SSSR count). The number of hydrogen-bond acceptors (Lipinski definition) is 3. The summed E-state index contributed by atoms with van der Waals surface area (Å²) in [5, 5.41) is 7.30. The highest BCUT2D eigenvalue weighted by Gasteiger charge is 2.30. The van der Waals surface area contributed by atoms with Gasteiger partial charge in [-0.15, -0.1) is 0 Å². The van der Waals surface area contributed by atoms with E-state index in [0.717, 1.165) is 30.5 Å². The van der Waals surface area contributed by atoms with Gasteiger partial charge in [-0.2, -0.15) is 5.10 Å². The van der Waals surface area contributed by atoms with E-state index in [1.54, 1.807) is 42.1 Å². The standard InChI is InChI=1S/C21H19ClFN3O2/c1-26-19(14-10-11-16(22)17(23)12-14)18(13-6-5-7-13)20(25-26)24-21(27)28-15-8-3-2-4-9-15/h2-4,8-13H,5-7H2,1H3,(H,24,25,27). The number of hydrogen-bond donors (Lipinski definition) is 1. The Bertz CT molecular complexity index is 1020. The number of nitrogens with one attached hydrogen (secondary N) is 1. The molecule has 144 valence electrons. The van der Waals surface area contributed by atoms with Crippen LogP contribution in [0.3, 0.4) is 0 Å². The quantitative estimate of drug-likeness (QED) is 0.607. The second-order valence-electron chi connectivity index (χ2n) is 6.82. The van der Waals surface area contributed by atoms with Gasteiger partial charge >= 0.3 is 6.09 Å². The molecule has 1 aliphatic rings. The lowest BCUT2D eigenvalue weighted by Crippen LogP contribution is -2.19. The van der Waals surface area contributed by atoms with E-state index in [2.05, 4.69) is 10.4 Å². The molecule has 1 amide bonds. The number of halogens is 2. The lowest BCUT2D eigenvalue weighted by molar-refractivity contribution is 0.215. The molecule has 0 radical (unpaired) electrons. The van der Waals surface area contributed by atoms with E-state index < -0.39 is 11.9 Å². The number of anilines is 1. The van der Waals surface area contributed by atoms with Gasteiger partial charge in [-0.3, -0.25) is 10.00 Å². The summed E-state index contributed by atoms with van der Waals surface area (Å²) >= 11 is 5.83. The first-order valence-corrected chi connectivity index (χ1v) is 9.47. The molecule has 28 heavy (non-hydrogen) atoms. The van der Waals surface area contributed by atoms with Gasteiger partial charge in [-0.25, -0.2) is 9.18 Å². The molecule has 1 aromatic heterocycles. The number of rotatable bonds is 4. The van der Waals surface area contributed by atoms with Gasteiger partial charge in [0, 0.05) is 18.2 Å². The van der Waals surface area contributed by atoms with Crippen molar-refractivity contribution in [3.63, 3.8) is 0 Å². The number of carbonyl (C=O) groups is 1. The van der Waals surface area contributed by atoms with Crippen molar-refractivity contribution in [2.24, 2.45) is 7.05 Å². The Morgan fingerprint density at radius 1 is 1.25 bits per heavy atom. The molecule has 3 aromatic rings. The largest absolute Gasteiger partial charge is 0.418 e. The molecule has 0 unspecified atom stereocenters. The van der Waals surface area contributed by atoms with Crippen LogP contribution in [0.2, 0.25) is 5.02 Å². The van der Waals surface area contributed by atoms with Gasteiger partial charge < -0.3 is 4.74 Å². The average molecular weight is 400 g/mol. The molecule has 1 heterocycles. The third-order valence-electron chi connectivity index (χ3n) is 4.96. The van der Waals surface area contributed by atoms with Crippen LogP contribution >= 0.6 is 11.6 Å². The Morgan fingerprint density at radius 2 is 2.00 bits per heavy atom. The first kappa shape index (κ1) is 18.5. The molecule has 0 saturated heterocycles. The monoisotopic (exact) mass is 399 g/mol. The van der Waals surface area contributed by atoms with E-state index in [1.807, 2.05) is 6.07 Å². The van der Waals surface area contributed by atoms with Gasteiger partial charge in [0.1, 0.15) is 11.6 Å². The molecule has 0 aliphatic heterocycles. The zero-order valence-electron chi connectivity index (χ0n) is 15.3. The first-order chi connectivity index (χ1) is 13.5. The summed E-state index contributed by atoms with van der Waals surface area (Å²) in [5.74, 6) is 0.659. The highest BCUT2D eigenvalue weighted by Crippen LogP contribution is 2.45. The minimum atomic E-state index is -0.612. The maximum absolute atomic E-state index is 14.0. The smallest absolute Gasteiger partial charge is 0.410 e. The molecule has 0 spiro atoms. The fraction of sp³-hybridized carbons (Fsp3) is 0.238. The maximum Gasteiger partial charge on any atom is 0.418 e. The lowest BCUT2D eigenvalue weighted by atomic mass is 9.79. The van der Waals surface area contributed by atoms with Gasteiger partial charge in [0.15, 0.2) is 5.82 Å². The molecular formula is C21H19ClFN3O2. The van der Waals surface area contributed by atoms with Crippen molar-refractivity contribution in [1.29, 1.82) is 0 Å². The Labute approximate surface area is 167 Å². The van der Waals surface area contributed by atoms with Gasteiger partial charge in [-0.05, 0) is 43.0 Å². The van der Waals surface area contributed by atoms with E-state index in [0.29, 0.717) is 17.1 Å². The normalized spacial score (nSPS) is 13.8. The molecule has 2 aromatic carbocycles. The third kappa shape index (κ3) is 3.60. The predicted octanol–water partition coefficient (Wildman–Crippen LogP) is 5.76. The molecular weight excluding hydrogens is 381 g/mol.